The van der Waals surface area contributed by atoms with Gasteiger partial charge in [0.05, 0.1) is 17.8 Å². The third-order valence-electron chi connectivity index (χ3n) is 5.41. The number of piperidine rings is 1. The summed E-state index contributed by atoms with van der Waals surface area (Å²) in [6.07, 6.45) is 6.74. The first-order chi connectivity index (χ1) is 12.1. The molecule has 0 saturated carbocycles. The summed E-state index contributed by atoms with van der Waals surface area (Å²) in [5.74, 6) is 0.0556. The molecule has 3 heterocycles. The molecule has 1 aromatic heterocycles. The number of halogens is 1. The Kier molecular flexibility index (Phi) is 4.52. The molecule has 2 aliphatic rings. The van der Waals surface area contributed by atoms with E-state index in [0.717, 1.165) is 49.5 Å². The quantitative estimate of drug-likeness (QED) is 0.897. The molecule has 1 fully saturated rings. The van der Waals surface area contributed by atoms with Crippen molar-refractivity contribution in [1.29, 1.82) is 0 Å². The lowest BCUT2D eigenvalue weighted by atomic mass is 9.95. The molecule has 2 aromatic rings. The van der Waals surface area contributed by atoms with Crippen molar-refractivity contribution in [2.24, 2.45) is 0 Å². The van der Waals surface area contributed by atoms with Gasteiger partial charge in [0.25, 0.3) is 5.91 Å². The van der Waals surface area contributed by atoms with Gasteiger partial charge in [-0.05, 0) is 55.5 Å². The zero-order valence-electron chi connectivity index (χ0n) is 14.5. The van der Waals surface area contributed by atoms with Gasteiger partial charge in [-0.2, -0.15) is 5.10 Å². The van der Waals surface area contributed by atoms with Crippen LogP contribution in [0.5, 0.6) is 0 Å². The molecular weight excluding hydrogens is 336 g/mol. The molecular formula is C19H23ClN4O. The first-order valence-corrected chi connectivity index (χ1v) is 9.32. The van der Waals surface area contributed by atoms with Crippen LogP contribution >= 0.6 is 11.6 Å². The van der Waals surface area contributed by atoms with Crippen LogP contribution in [0.4, 0.5) is 0 Å². The lowest BCUT2D eigenvalue weighted by Gasteiger charge is -2.30. The van der Waals surface area contributed by atoms with Gasteiger partial charge in [-0.3, -0.25) is 9.48 Å². The van der Waals surface area contributed by atoms with Crippen molar-refractivity contribution < 1.29 is 4.79 Å². The van der Waals surface area contributed by atoms with Crippen molar-refractivity contribution in [1.82, 2.24) is 20.0 Å². The Morgan fingerprint density at radius 3 is 3.08 bits per heavy atom. The van der Waals surface area contributed by atoms with E-state index in [1.54, 1.807) is 6.20 Å². The number of carbonyl (C=O) groups is 1. The summed E-state index contributed by atoms with van der Waals surface area (Å²) in [4.78, 5) is 14.8. The van der Waals surface area contributed by atoms with Gasteiger partial charge >= 0.3 is 0 Å². The number of hydrogen-bond acceptors (Lipinski definition) is 3. The normalized spacial score (nSPS) is 20.4. The van der Waals surface area contributed by atoms with Crippen LogP contribution < -0.4 is 5.32 Å². The SMILES string of the molecule is Cc1c(Cl)ccc2c1CN(C(=O)c1cnn(C3CCCNC3)c1)CC2. The maximum Gasteiger partial charge on any atom is 0.257 e. The van der Waals surface area contributed by atoms with Crippen LogP contribution in [0.15, 0.2) is 24.5 Å². The average Bonchev–Trinajstić information content (AvgIpc) is 3.15. The van der Waals surface area contributed by atoms with Crippen LogP contribution in [0.25, 0.3) is 0 Å². The molecule has 0 aliphatic carbocycles. The molecule has 25 heavy (non-hydrogen) atoms. The zero-order chi connectivity index (χ0) is 17.4. The average molecular weight is 359 g/mol. The van der Waals surface area contributed by atoms with Crippen molar-refractivity contribution in [3.63, 3.8) is 0 Å². The Labute approximate surface area is 153 Å². The van der Waals surface area contributed by atoms with E-state index in [2.05, 4.69) is 16.5 Å². The van der Waals surface area contributed by atoms with E-state index in [0.29, 0.717) is 18.2 Å². The van der Waals surface area contributed by atoms with Gasteiger partial charge in [0, 0.05) is 30.9 Å². The van der Waals surface area contributed by atoms with Crippen molar-refractivity contribution in [2.45, 2.75) is 38.8 Å². The van der Waals surface area contributed by atoms with Crippen molar-refractivity contribution in [3.05, 3.63) is 51.8 Å². The van der Waals surface area contributed by atoms with Crippen LogP contribution in [0.3, 0.4) is 0 Å². The fourth-order valence-electron chi connectivity index (χ4n) is 3.83. The maximum atomic E-state index is 12.9. The molecule has 0 bridgehead atoms. The Hall–Kier alpha value is -1.85. The molecule has 1 unspecified atom stereocenters. The highest BCUT2D eigenvalue weighted by molar-refractivity contribution is 6.31. The highest BCUT2D eigenvalue weighted by Crippen LogP contribution is 2.28. The largest absolute Gasteiger partial charge is 0.334 e. The summed E-state index contributed by atoms with van der Waals surface area (Å²) in [6.45, 7) is 5.38. The van der Waals surface area contributed by atoms with Crippen LogP contribution in [0, 0.1) is 6.92 Å². The topological polar surface area (TPSA) is 50.2 Å². The second-order valence-electron chi connectivity index (χ2n) is 7.00. The van der Waals surface area contributed by atoms with Crippen molar-refractivity contribution >= 4 is 17.5 Å². The molecule has 132 valence electrons. The summed E-state index contributed by atoms with van der Waals surface area (Å²) in [5.41, 5.74) is 4.25. The number of benzene rings is 1. The van der Waals surface area contributed by atoms with Crippen molar-refractivity contribution in [3.8, 4) is 0 Å². The van der Waals surface area contributed by atoms with E-state index >= 15 is 0 Å². The van der Waals surface area contributed by atoms with Crippen molar-refractivity contribution in [2.75, 3.05) is 19.6 Å². The van der Waals surface area contributed by atoms with E-state index in [1.807, 2.05) is 28.8 Å². The maximum absolute atomic E-state index is 12.9. The number of nitrogens with one attached hydrogen (secondary N) is 1. The van der Waals surface area contributed by atoms with Gasteiger partial charge in [-0.1, -0.05) is 17.7 Å². The molecule has 6 heteroatoms. The molecule has 1 aromatic carbocycles. The fraction of sp³-hybridized carbons (Fsp3) is 0.474. The molecule has 2 aliphatic heterocycles. The summed E-state index contributed by atoms with van der Waals surface area (Å²) in [5, 5.41) is 8.60. The van der Waals surface area contributed by atoms with Crippen LogP contribution in [0.1, 0.15) is 45.9 Å². The number of carbonyl (C=O) groups excluding carboxylic acids is 1. The lowest BCUT2D eigenvalue weighted by molar-refractivity contribution is 0.0734. The zero-order valence-corrected chi connectivity index (χ0v) is 15.2. The molecule has 1 amide bonds. The molecule has 5 nitrogen and oxygen atoms in total. The molecule has 4 rings (SSSR count). The minimum atomic E-state index is 0.0556. The minimum Gasteiger partial charge on any atom is -0.334 e. The first kappa shape index (κ1) is 16.6. The van der Waals surface area contributed by atoms with E-state index < -0.39 is 0 Å². The fourth-order valence-corrected chi connectivity index (χ4v) is 4.00. The summed E-state index contributed by atoms with van der Waals surface area (Å²) in [6, 6.07) is 4.38. The number of rotatable bonds is 2. The van der Waals surface area contributed by atoms with Gasteiger partial charge in [0.1, 0.15) is 0 Å². The molecule has 0 radical (unpaired) electrons. The van der Waals surface area contributed by atoms with E-state index in [-0.39, 0.29) is 5.91 Å². The van der Waals surface area contributed by atoms with Gasteiger partial charge in [0.15, 0.2) is 0 Å². The predicted molar refractivity (Wildman–Crippen MR) is 98.0 cm³/mol. The number of amides is 1. The van der Waals surface area contributed by atoms with Crippen LogP contribution in [-0.4, -0.2) is 40.2 Å². The highest BCUT2D eigenvalue weighted by atomic mass is 35.5. The molecule has 1 N–H and O–H groups in total. The number of aromatic nitrogens is 2. The molecule has 1 saturated heterocycles. The lowest BCUT2D eigenvalue weighted by Crippen LogP contribution is -2.36. The van der Waals surface area contributed by atoms with E-state index in [9.17, 15) is 4.79 Å². The summed E-state index contributed by atoms with van der Waals surface area (Å²) < 4.78 is 1.94. The molecule has 0 spiro atoms. The van der Waals surface area contributed by atoms with Crippen LogP contribution in [-0.2, 0) is 13.0 Å². The standard InChI is InChI=1S/C19H23ClN4O/c1-13-17-12-23(8-6-14(17)4-5-18(13)20)19(25)15-9-22-24(11-15)16-3-2-7-21-10-16/h4-5,9,11,16,21H,2-3,6-8,10,12H2,1H3. The minimum absolute atomic E-state index is 0.0556. The second kappa shape index (κ2) is 6.81. The van der Waals surface area contributed by atoms with E-state index in [1.165, 1.54) is 11.1 Å². The predicted octanol–water partition coefficient (Wildman–Crippen LogP) is 2.97. The summed E-state index contributed by atoms with van der Waals surface area (Å²) in [7, 11) is 0. The number of fused-ring (bicyclic) bond motifs is 1. The Bertz CT molecular complexity index is 795. The van der Waals surface area contributed by atoms with Gasteiger partial charge in [-0.25, -0.2) is 0 Å². The Balaban J connectivity index is 1.52. The molecule has 1 atom stereocenters. The highest BCUT2D eigenvalue weighted by Gasteiger charge is 2.25. The number of hydrogen-bond donors (Lipinski definition) is 1. The number of nitrogens with zero attached hydrogens (tertiary/aromatic N) is 3. The van der Waals surface area contributed by atoms with Gasteiger partial charge in [-0.15, -0.1) is 0 Å². The smallest absolute Gasteiger partial charge is 0.257 e. The third kappa shape index (κ3) is 3.18. The Morgan fingerprint density at radius 1 is 1.40 bits per heavy atom. The monoisotopic (exact) mass is 358 g/mol. The van der Waals surface area contributed by atoms with Gasteiger partial charge < -0.3 is 10.2 Å². The first-order valence-electron chi connectivity index (χ1n) is 8.94. The van der Waals surface area contributed by atoms with E-state index in [4.69, 9.17) is 11.6 Å². The second-order valence-corrected chi connectivity index (χ2v) is 7.40. The Morgan fingerprint density at radius 2 is 2.28 bits per heavy atom. The summed E-state index contributed by atoms with van der Waals surface area (Å²) >= 11 is 6.26. The van der Waals surface area contributed by atoms with Crippen LogP contribution in [0.2, 0.25) is 5.02 Å². The third-order valence-corrected chi connectivity index (χ3v) is 5.82. The van der Waals surface area contributed by atoms with Gasteiger partial charge in [0.2, 0.25) is 0 Å².